The maximum atomic E-state index is 6.14. The zero-order valence-corrected chi connectivity index (χ0v) is 15.7. The first-order valence-electron chi connectivity index (χ1n) is 8.79. The molecule has 0 aromatic heterocycles. The van der Waals surface area contributed by atoms with Crippen LogP contribution in [0.1, 0.15) is 16.7 Å². The van der Waals surface area contributed by atoms with Crippen molar-refractivity contribution in [3.05, 3.63) is 59.2 Å². The van der Waals surface area contributed by atoms with Crippen LogP contribution in [0.4, 0.5) is 0 Å². The summed E-state index contributed by atoms with van der Waals surface area (Å²) in [5.41, 5.74) is 3.80. The molecule has 0 saturated carbocycles. The van der Waals surface area contributed by atoms with Crippen LogP contribution in [0.25, 0.3) is 0 Å². The van der Waals surface area contributed by atoms with E-state index in [0.717, 1.165) is 31.1 Å². The van der Waals surface area contributed by atoms with E-state index in [1.807, 2.05) is 6.07 Å². The van der Waals surface area contributed by atoms with Crippen LogP contribution in [0.2, 0.25) is 0 Å². The number of methoxy groups -OCH3 is 1. The molecular weight excluding hydrogens is 312 g/mol. The van der Waals surface area contributed by atoms with E-state index in [9.17, 15) is 0 Å². The van der Waals surface area contributed by atoms with E-state index in [4.69, 9.17) is 9.47 Å². The molecule has 0 amide bonds. The molecule has 134 valence electrons. The molecule has 0 radical (unpaired) electrons. The summed E-state index contributed by atoms with van der Waals surface area (Å²) in [4.78, 5) is 4.74. The molecule has 0 aliphatic carbocycles. The summed E-state index contributed by atoms with van der Waals surface area (Å²) >= 11 is 0. The number of hydrogen-bond donors (Lipinski definition) is 0. The maximum Gasteiger partial charge on any atom is 0.123 e. The van der Waals surface area contributed by atoms with Crippen molar-refractivity contribution < 1.29 is 9.47 Å². The van der Waals surface area contributed by atoms with E-state index in [-0.39, 0.29) is 0 Å². The molecule has 0 N–H and O–H groups in total. The van der Waals surface area contributed by atoms with Gasteiger partial charge in [0.25, 0.3) is 0 Å². The second-order valence-corrected chi connectivity index (χ2v) is 7.09. The lowest BCUT2D eigenvalue weighted by Crippen LogP contribution is -2.43. The molecule has 1 heterocycles. The molecule has 0 spiro atoms. The van der Waals surface area contributed by atoms with Crippen LogP contribution in [-0.2, 0) is 13.1 Å². The van der Waals surface area contributed by atoms with Gasteiger partial charge in [-0.25, -0.2) is 0 Å². The van der Waals surface area contributed by atoms with E-state index >= 15 is 0 Å². The van der Waals surface area contributed by atoms with Gasteiger partial charge in [0, 0.05) is 25.2 Å². The fourth-order valence-corrected chi connectivity index (χ4v) is 3.39. The lowest BCUT2D eigenvalue weighted by molar-refractivity contribution is 0.113. The van der Waals surface area contributed by atoms with E-state index in [0.29, 0.717) is 12.6 Å². The lowest BCUT2D eigenvalue weighted by Gasteiger charge is -2.31. The summed E-state index contributed by atoms with van der Waals surface area (Å²) in [6.07, 6.45) is 0. The van der Waals surface area contributed by atoms with Crippen LogP contribution in [0.15, 0.2) is 42.5 Å². The summed E-state index contributed by atoms with van der Waals surface area (Å²) in [6.45, 7) is 5.59. The zero-order valence-electron chi connectivity index (χ0n) is 15.7. The molecule has 1 unspecified atom stereocenters. The van der Waals surface area contributed by atoms with Crippen LogP contribution in [-0.4, -0.2) is 50.2 Å². The van der Waals surface area contributed by atoms with E-state index in [1.54, 1.807) is 7.11 Å². The SMILES string of the molecule is COc1cccc(CN2Cc3cc(C)ccc3OCC2CN(C)C)c1. The van der Waals surface area contributed by atoms with Crippen molar-refractivity contribution in [2.75, 3.05) is 34.4 Å². The number of likely N-dealkylation sites (N-methyl/N-ethyl adjacent to an activating group) is 1. The number of benzene rings is 2. The van der Waals surface area contributed by atoms with Gasteiger partial charge in [0.1, 0.15) is 18.1 Å². The average molecular weight is 340 g/mol. The summed E-state index contributed by atoms with van der Waals surface area (Å²) in [6, 6.07) is 15.1. The maximum absolute atomic E-state index is 6.14. The molecule has 0 bridgehead atoms. The summed E-state index contributed by atoms with van der Waals surface area (Å²) < 4.78 is 11.5. The van der Waals surface area contributed by atoms with Gasteiger partial charge in [0.15, 0.2) is 0 Å². The molecule has 4 heteroatoms. The molecule has 1 aliphatic rings. The first kappa shape index (κ1) is 17.8. The van der Waals surface area contributed by atoms with Gasteiger partial charge in [-0.15, -0.1) is 0 Å². The van der Waals surface area contributed by atoms with Crippen molar-refractivity contribution in [3.63, 3.8) is 0 Å². The van der Waals surface area contributed by atoms with Crippen molar-refractivity contribution in [2.45, 2.75) is 26.1 Å². The van der Waals surface area contributed by atoms with Gasteiger partial charge in [-0.05, 0) is 44.8 Å². The van der Waals surface area contributed by atoms with E-state index in [2.05, 4.69) is 67.2 Å². The smallest absolute Gasteiger partial charge is 0.123 e. The molecule has 3 rings (SSSR count). The Morgan fingerprint density at radius 1 is 1.20 bits per heavy atom. The number of fused-ring (bicyclic) bond motifs is 1. The summed E-state index contributed by atoms with van der Waals surface area (Å²) in [7, 11) is 5.95. The Labute approximate surface area is 151 Å². The monoisotopic (exact) mass is 340 g/mol. The van der Waals surface area contributed by atoms with Crippen LogP contribution in [0, 0.1) is 6.92 Å². The van der Waals surface area contributed by atoms with E-state index < -0.39 is 0 Å². The normalized spacial score (nSPS) is 17.7. The minimum Gasteiger partial charge on any atom is -0.497 e. The minimum atomic E-state index is 0.342. The number of ether oxygens (including phenoxy) is 2. The zero-order chi connectivity index (χ0) is 17.8. The molecule has 25 heavy (non-hydrogen) atoms. The van der Waals surface area contributed by atoms with Crippen molar-refractivity contribution in [1.82, 2.24) is 9.80 Å². The van der Waals surface area contributed by atoms with Crippen molar-refractivity contribution in [1.29, 1.82) is 0 Å². The van der Waals surface area contributed by atoms with E-state index in [1.165, 1.54) is 16.7 Å². The van der Waals surface area contributed by atoms with Crippen molar-refractivity contribution >= 4 is 0 Å². The molecule has 1 aliphatic heterocycles. The Bertz CT molecular complexity index is 715. The highest BCUT2D eigenvalue weighted by Crippen LogP contribution is 2.28. The number of aryl methyl sites for hydroxylation is 1. The fourth-order valence-electron chi connectivity index (χ4n) is 3.39. The van der Waals surface area contributed by atoms with Gasteiger partial charge in [-0.3, -0.25) is 4.90 Å². The molecule has 0 fully saturated rings. The predicted octanol–water partition coefficient (Wildman–Crippen LogP) is 3.33. The molecule has 0 saturated heterocycles. The number of hydrogen-bond acceptors (Lipinski definition) is 4. The van der Waals surface area contributed by atoms with Crippen molar-refractivity contribution in [2.24, 2.45) is 0 Å². The van der Waals surface area contributed by atoms with Gasteiger partial charge in [-0.1, -0.05) is 29.8 Å². The Morgan fingerprint density at radius 3 is 2.80 bits per heavy atom. The predicted molar refractivity (Wildman–Crippen MR) is 101 cm³/mol. The second-order valence-electron chi connectivity index (χ2n) is 7.09. The Balaban J connectivity index is 1.87. The Kier molecular flexibility index (Phi) is 5.61. The van der Waals surface area contributed by atoms with Crippen LogP contribution in [0.3, 0.4) is 0 Å². The van der Waals surface area contributed by atoms with Crippen LogP contribution >= 0.6 is 0 Å². The van der Waals surface area contributed by atoms with Gasteiger partial charge < -0.3 is 14.4 Å². The first-order valence-corrected chi connectivity index (χ1v) is 8.79. The van der Waals surface area contributed by atoms with Gasteiger partial charge in [-0.2, -0.15) is 0 Å². The number of nitrogens with zero attached hydrogens (tertiary/aromatic N) is 2. The molecule has 2 aromatic carbocycles. The molecular formula is C21H28N2O2. The largest absolute Gasteiger partial charge is 0.497 e. The summed E-state index contributed by atoms with van der Waals surface area (Å²) in [5.74, 6) is 1.92. The minimum absolute atomic E-state index is 0.342. The average Bonchev–Trinajstić information content (AvgIpc) is 2.74. The van der Waals surface area contributed by atoms with Crippen molar-refractivity contribution in [3.8, 4) is 11.5 Å². The third-order valence-electron chi connectivity index (χ3n) is 4.63. The third kappa shape index (κ3) is 4.53. The van der Waals surface area contributed by atoms with Gasteiger partial charge >= 0.3 is 0 Å². The van der Waals surface area contributed by atoms with Gasteiger partial charge in [0.2, 0.25) is 0 Å². The third-order valence-corrected chi connectivity index (χ3v) is 4.63. The molecule has 2 aromatic rings. The van der Waals surface area contributed by atoms with Gasteiger partial charge in [0.05, 0.1) is 13.2 Å². The van der Waals surface area contributed by atoms with Crippen LogP contribution in [0.5, 0.6) is 11.5 Å². The molecule has 4 nitrogen and oxygen atoms in total. The topological polar surface area (TPSA) is 24.9 Å². The second kappa shape index (κ2) is 7.89. The molecule has 1 atom stereocenters. The highest BCUT2D eigenvalue weighted by molar-refractivity contribution is 5.38. The number of rotatable bonds is 5. The quantitative estimate of drug-likeness (QED) is 0.833. The summed E-state index contributed by atoms with van der Waals surface area (Å²) in [5, 5.41) is 0. The Hall–Kier alpha value is -2.04. The Morgan fingerprint density at radius 2 is 2.04 bits per heavy atom. The standard InChI is InChI=1S/C21H28N2O2/c1-16-8-9-21-18(10-16)13-23(19(15-25-21)14-22(2)3)12-17-6-5-7-20(11-17)24-4/h5-11,19H,12-15H2,1-4H3. The lowest BCUT2D eigenvalue weighted by atomic mass is 10.1. The highest BCUT2D eigenvalue weighted by atomic mass is 16.5. The highest BCUT2D eigenvalue weighted by Gasteiger charge is 2.25. The van der Waals surface area contributed by atoms with Crippen LogP contribution < -0.4 is 9.47 Å². The first-order chi connectivity index (χ1) is 12.0. The fraction of sp³-hybridized carbons (Fsp3) is 0.429.